The quantitative estimate of drug-likeness (QED) is 0.596. The summed E-state index contributed by atoms with van der Waals surface area (Å²) in [5.41, 5.74) is 4.18. The van der Waals surface area contributed by atoms with Gasteiger partial charge in [-0.05, 0) is 28.7 Å². The predicted octanol–water partition coefficient (Wildman–Crippen LogP) is 5.44. The van der Waals surface area contributed by atoms with Crippen LogP contribution in [0.5, 0.6) is 11.5 Å². The Morgan fingerprint density at radius 1 is 0.969 bits per heavy atom. The molecule has 32 heavy (non-hydrogen) atoms. The molecule has 0 fully saturated rings. The zero-order chi connectivity index (χ0) is 22.9. The predicted molar refractivity (Wildman–Crippen MR) is 127 cm³/mol. The van der Waals surface area contributed by atoms with Gasteiger partial charge in [-0.15, -0.1) is 0 Å². The number of nitrogens with one attached hydrogen (secondary N) is 1. The Balaban J connectivity index is 1.66. The van der Waals surface area contributed by atoms with E-state index in [9.17, 15) is 4.79 Å². The van der Waals surface area contributed by atoms with Crippen LogP contribution in [0.4, 0.5) is 10.5 Å². The number of rotatable bonds is 4. The molecule has 0 unspecified atom stereocenters. The molecule has 0 radical (unpaired) electrons. The van der Waals surface area contributed by atoms with Gasteiger partial charge in [0.05, 0.1) is 20.3 Å². The van der Waals surface area contributed by atoms with Crippen LogP contribution in [0.3, 0.4) is 0 Å². The van der Waals surface area contributed by atoms with E-state index in [1.165, 1.54) is 5.56 Å². The van der Waals surface area contributed by atoms with Crippen molar-refractivity contribution in [2.45, 2.75) is 38.8 Å². The highest BCUT2D eigenvalue weighted by atomic mass is 16.5. The van der Waals surface area contributed by atoms with Gasteiger partial charge in [0.15, 0.2) is 0 Å². The molecule has 0 saturated heterocycles. The number of ether oxygens (including phenoxy) is 2. The van der Waals surface area contributed by atoms with E-state index in [1.54, 1.807) is 32.4 Å². The molecular weight excluding hydrogens is 402 g/mol. The Kier molecular flexibility index (Phi) is 5.87. The van der Waals surface area contributed by atoms with Crippen LogP contribution in [-0.4, -0.2) is 36.3 Å². The number of carbonyl (C=O) groups excluding carboxylic acids is 1. The normalized spacial score (nSPS) is 15.8. The minimum absolute atomic E-state index is 0.0772. The van der Waals surface area contributed by atoms with Crippen molar-refractivity contribution in [1.29, 1.82) is 0 Å². The van der Waals surface area contributed by atoms with Crippen molar-refractivity contribution >= 4 is 11.7 Å². The first-order valence-electron chi connectivity index (χ1n) is 10.9. The molecule has 1 aromatic heterocycles. The van der Waals surface area contributed by atoms with Crippen molar-refractivity contribution in [1.82, 2.24) is 9.47 Å². The maximum absolute atomic E-state index is 13.4. The summed E-state index contributed by atoms with van der Waals surface area (Å²) in [6, 6.07) is 17.8. The van der Waals surface area contributed by atoms with E-state index < -0.39 is 0 Å². The number of hydrogen-bond acceptors (Lipinski definition) is 3. The van der Waals surface area contributed by atoms with Gasteiger partial charge in [0.2, 0.25) is 0 Å². The smallest absolute Gasteiger partial charge is 0.322 e. The molecule has 6 nitrogen and oxygen atoms in total. The van der Waals surface area contributed by atoms with E-state index in [0.29, 0.717) is 23.7 Å². The second kappa shape index (κ2) is 8.61. The number of fused-ring (bicyclic) bond motifs is 1. The van der Waals surface area contributed by atoms with Gasteiger partial charge in [0.1, 0.15) is 11.5 Å². The minimum atomic E-state index is -0.166. The van der Waals surface area contributed by atoms with Crippen molar-refractivity contribution in [3.05, 3.63) is 77.6 Å². The molecule has 168 valence electrons. The van der Waals surface area contributed by atoms with Gasteiger partial charge in [0.25, 0.3) is 0 Å². The number of benzene rings is 2. The monoisotopic (exact) mass is 433 g/mol. The number of anilines is 1. The zero-order valence-corrected chi connectivity index (χ0v) is 19.4. The summed E-state index contributed by atoms with van der Waals surface area (Å²) in [4.78, 5) is 15.3. The summed E-state index contributed by atoms with van der Waals surface area (Å²) in [5, 5.41) is 3.04. The Bertz CT molecular complexity index is 1070. The van der Waals surface area contributed by atoms with Gasteiger partial charge < -0.3 is 24.3 Å². The molecule has 2 heterocycles. The highest BCUT2D eigenvalue weighted by Crippen LogP contribution is 2.35. The molecule has 1 atom stereocenters. The lowest BCUT2D eigenvalue weighted by molar-refractivity contribution is 0.182. The van der Waals surface area contributed by atoms with Crippen LogP contribution < -0.4 is 14.8 Å². The lowest BCUT2D eigenvalue weighted by Crippen LogP contribution is -2.44. The summed E-state index contributed by atoms with van der Waals surface area (Å²) < 4.78 is 12.9. The van der Waals surface area contributed by atoms with Crippen LogP contribution in [0.15, 0.2) is 60.8 Å². The number of urea groups is 1. The van der Waals surface area contributed by atoms with Gasteiger partial charge in [-0.3, -0.25) is 0 Å². The first kappa shape index (κ1) is 21.8. The molecule has 0 spiro atoms. The summed E-state index contributed by atoms with van der Waals surface area (Å²) in [6.07, 6.45) is 2.08. The minimum Gasteiger partial charge on any atom is -0.497 e. The Hall–Kier alpha value is -3.41. The third kappa shape index (κ3) is 4.31. The van der Waals surface area contributed by atoms with E-state index in [0.717, 1.165) is 17.8 Å². The summed E-state index contributed by atoms with van der Waals surface area (Å²) in [6.45, 7) is 7.98. The summed E-state index contributed by atoms with van der Waals surface area (Å²) in [5.74, 6) is 1.25. The molecule has 2 aromatic carbocycles. The van der Waals surface area contributed by atoms with Crippen LogP contribution in [0.25, 0.3) is 0 Å². The van der Waals surface area contributed by atoms with Crippen molar-refractivity contribution in [2.24, 2.45) is 0 Å². The molecule has 2 amide bonds. The number of amides is 2. The molecule has 4 rings (SSSR count). The lowest BCUT2D eigenvalue weighted by Gasteiger charge is -2.37. The standard InChI is InChI=1S/C26H31N3O3/c1-26(2,3)19-10-8-18(9-11-19)24-23-7-6-12-28(23)13-14-29(24)25(30)27-20-15-21(31-4)17-22(16-20)32-5/h6-12,15-17,24H,13-14H2,1-5H3,(H,27,30)/t24-/m1/s1. The highest BCUT2D eigenvalue weighted by Gasteiger charge is 2.32. The molecule has 6 heteroatoms. The molecule has 1 aliphatic heterocycles. The van der Waals surface area contributed by atoms with Crippen LogP contribution in [0, 0.1) is 0 Å². The molecule has 1 N–H and O–H groups in total. The number of carbonyl (C=O) groups is 1. The first-order chi connectivity index (χ1) is 15.3. The fraction of sp³-hybridized carbons (Fsp3) is 0.346. The number of hydrogen-bond donors (Lipinski definition) is 1. The number of methoxy groups -OCH3 is 2. The Morgan fingerprint density at radius 3 is 2.22 bits per heavy atom. The number of nitrogens with zero attached hydrogens (tertiary/aromatic N) is 2. The van der Waals surface area contributed by atoms with Crippen LogP contribution in [-0.2, 0) is 12.0 Å². The van der Waals surface area contributed by atoms with Crippen LogP contribution >= 0.6 is 0 Å². The Labute approximate surface area is 189 Å². The largest absolute Gasteiger partial charge is 0.497 e. The lowest BCUT2D eigenvalue weighted by atomic mass is 9.86. The summed E-state index contributed by atoms with van der Waals surface area (Å²) in [7, 11) is 3.19. The second-order valence-electron chi connectivity index (χ2n) is 9.13. The maximum Gasteiger partial charge on any atom is 0.322 e. The van der Waals surface area contributed by atoms with Crippen molar-refractivity contribution < 1.29 is 14.3 Å². The average molecular weight is 434 g/mol. The van der Waals surface area contributed by atoms with Gasteiger partial charge in [-0.25, -0.2) is 4.79 Å². The molecule has 0 aliphatic carbocycles. The third-order valence-electron chi connectivity index (χ3n) is 5.99. The summed E-state index contributed by atoms with van der Waals surface area (Å²) >= 11 is 0. The van der Waals surface area contributed by atoms with E-state index in [4.69, 9.17) is 9.47 Å². The van der Waals surface area contributed by atoms with Crippen molar-refractivity contribution in [2.75, 3.05) is 26.1 Å². The highest BCUT2D eigenvalue weighted by molar-refractivity contribution is 5.90. The van der Waals surface area contributed by atoms with Gasteiger partial charge >= 0.3 is 6.03 Å². The molecule has 3 aromatic rings. The first-order valence-corrected chi connectivity index (χ1v) is 10.9. The second-order valence-corrected chi connectivity index (χ2v) is 9.13. The molecular formula is C26H31N3O3. The van der Waals surface area contributed by atoms with Crippen molar-refractivity contribution in [3.63, 3.8) is 0 Å². The molecule has 0 bridgehead atoms. The fourth-order valence-corrected chi connectivity index (χ4v) is 4.19. The topological polar surface area (TPSA) is 55.7 Å². The van der Waals surface area contributed by atoms with Crippen molar-refractivity contribution in [3.8, 4) is 11.5 Å². The van der Waals surface area contributed by atoms with Gasteiger partial charge in [-0.1, -0.05) is 45.0 Å². The van der Waals surface area contributed by atoms with Crippen LogP contribution in [0.2, 0.25) is 0 Å². The van der Waals surface area contributed by atoms with Gasteiger partial charge in [0, 0.05) is 48.9 Å². The van der Waals surface area contributed by atoms with E-state index in [1.807, 2.05) is 11.0 Å². The van der Waals surface area contributed by atoms with Gasteiger partial charge in [-0.2, -0.15) is 0 Å². The fourth-order valence-electron chi connectivity index (χ4n) is 4.19. The number of aromatic nitrogens is 1. The average Bonchev–Trinajstić information content (AvgIpc) is 3.26. The Morgan fingerprint density at radius 2 is 1.62 bits per heavy atom. The SMILES string of the molecule is COc1cc(NC(=O)N2CCn3cccc3[C@H]2c2ccc(C(C)(C)C)cc2)cc(OC)c1. The third-order valence-corrected chi connectivity index (χ3v) is 5.99. The molecule has 1 aliphatic rings. The van der Waals surface area contributed by atoms with Crippen LogP contribution in [0.1, 0.15) is 43.6 Å². The van der Waals surface area contributed by atoms with E-state index in [-0.39, 0.29) is 17.5 Å². The zero-order valence-electron chi connectivity index (χ0n) is 19.4. The van der Waals surface area contributed by atoms with E-state index >= 15 is 0 Å². The van der Waals surface area contributed by atoms with E-state index in [2.05, 4.69) is 67.2 Å². The molecule has 0 saturated carbocycles. The maximum atomic E-state index is 13.4.